The average Bonchev–Trinajstić information content (AvgIpc) is 3.11. The molecule has 0 aliphatic heterocycles. The molecule has 4 nitrogen and oxygen atoms in total. The van der Waals surface area contributed by atoms with Crippen molar-refractivity contribution in [3.63, 3.8) is 0 Å². The molecule has 2 heterocycles. The number of fused-ring (bicyclic) bond motifs is 1. The zero-order valence-corrected chi connectivity index (χ0v) is 15.5. The van der Waals surface area contributed by atoms with Gasteiger partial charge in [-0.1, -0.05) is 12.1 Å². The summed E-state index contributed by atoms with van der Waals surface area (Å²) >= 11 is 1.67. The van der Waals surface area contributed by atoms with Gasteiger partial charge in [-0.25, -0.2) is 4.98 Å². The van der Waals surface area contributed by atoms with Crippen LogP contribution in [0.1, 0.15) is 11.1 Å². The molecule has 132 valence electrons. The minimum Gasteiger partial charge on any atom is -0.323 e. The lowest BCUT2D eigenvalue weighted by molar-refractivity contribution is -0.111. The Kier molecular flexibility index (Phi) is 4.77. The first kappa shape index (κ1) is 17.1. The van der Waals surface area contributed by atoms with Gasteiger partial charge in [0.15, 0.2) is 0 Å². The number of amides is 1. The van der Waals surface area contributed by atoms with Crippen molar-refractivity contribution in [2.75, 3.05) is 5.32 Å². The summed E-state index contributed by atoms with van der Waals surface area (Å²) < 4.78 is 1.18. The van der Waals surface area contributed by atoms with E-state index in [0.717, 1.165) is 27.3 Å². The molecule has 2 aromatic heterocycles. The van der Waals surface area contributed by atoms with Crippen molar-refractivity contribution in [3.8, 4) is 10.6 Å². The van der Waals surface area contributed by atoms with E-state index in [1.807, 2.05) is 42.5 Å². The highest BCUT2D eigenvalue weighted by Gasteiger charge is 2.07. The maximum atomic E-state index is 12.1. The maximum absolute atomic E-state index is 12.1. The predicted molar refractivity (Wildman–Crippen MR) is 112 cm³/mol. The molecule has 0 radical (unpaired) electrons. The molecule has 0 saturated carbocycles. The molecule has 27 heavy (non-hydrogen) atoms. The highest BCUT2D eigenvalue weighted by atomic mass is 32.1. The van der Waals surface area contributed by atoms with Gasteiger partial charge in [0.2, 0.25) is 5.91 Å². The third kappa shape index (κ3) is 4.10. The molecule has 0 saturated heterocycles. The summed E-state index contributed by atoms with van der Waals surface area (Å²) in [6.07, 6.45) is 6.64. The zero-order chi connectivity index (χ0) is 18.6. The number of carbonyl (C=O) groups is 1. The van der Waals surface area contributed by atoms with Crippen LogP contribution in [-0.4, -0.2) is 15.9 Å². The standard InChI is InChI=1S/C22H17N3OS/c1-15-4-10-19-20(13-15)27-22(25-19)17-6-8-18(9-7-17)24-21(26)11-5-16-3-2-12-23-14-16/h2-14H,1H3,(H,24,26)/b11-5+. The summed E-state index contributed by atoms with van der Waals surface area (Å²) in [5.41, 5.74) is 4.91. The molecule has 0 fully saturated rings. The van der Waals surface area contributed by atoms with Gasteiger partial charge in [0.05, 0.1) is 10.2 Å². The van der Waals surface area contributed by atoms with E-state index in [1.54, 1.807) is 29.8 Å². The number of anilines is 1. The Labute approximate surface area is 161 Å². The van der Waals surface area contributed by atoms with E-state index in [9.17, 15) is 4.79 Å². The fourth-order valence-electron chi connectivity index (χ4n) is 2.68. The van der Waals surface area contributed by atoms with Gasteiger partial charge in [-0.15, -0.1) is 11.3 Å². The SMILES string of the molecule is Cc1ccc2nc(-c3ccc(NC(=O)/C=C/c4cccnc4)cc3)sc2c1. The Bertz CT molecular complexity index is 1120. The van der Waals surface area contributed by atoms with E-state index in [1.165, 1.54) is 16.3 Å². The molecule has 4 rings (SSSR count). The molecule has 0 unspecified atom stereocenters. The van der Waals surface area contributed by atoms with Crippen LogP contribution in [0.25, 0.3) is 26.9 Å². The summed E-state index contributed by atoms with van der Waals surface area (Å²) in [5, 5.41) is 3.84. The number of nitrogens with one attached hydrogen (secondary N) is 1. The first-order valence-corrected chi connectivity index (χ1v) is 9.36. The minimum absolute atomic E-state index is 0.179. The van der Waals surface area contributed by atoms with Crippen molar-refractivity contribution in [1.82, 2.24) is 9.97 Å². The number of rotatable bonds is 4. The fourth-order valence-corrected chi connectivity index (χ4v) is 3.75. The third-order valence-corrected chi connectivity index (χ3v) is 5.12. The Morgan fingerprint density at radius 2 is 1.96 bits per heavy atom. The molecule has 0 aliphatic rings. The van der Waals surface area contributed by atoms with Crippen molar-refractivity contribution in [1.29, 1.82) is 0 Å². The smallest absolute Gasteiger partial charge is 0.248 e. The quantitative estimate of drug-likeness (QED) is 0.494. The number of benzene rings is 2. The van der Waals surface area contributed by atoms with E-state index >= 15 is 0 Å². The second-order valence-electron chi connectivity index (χ2n) is 6.18. The molecule has 5 heteroatoms. The first-order valence-electron chi connectivity index (χ1n) is 8.54. The Balaban J connectivity index is 1.46. The lowest BCUT2D eigenvalue weighted by Crippen LogP contribution is -2.07. The van der Waals surface area contributed by atoms with Gasteiger partial charge >= 0.3 is 0 Å². The normalized spacial score (nSPS) is 11.1. The number of hydrogen-bond donors (Lipinski definition) is 1. The molecular weight excluding hydrogens is 354 g/mol. The number of hydrogen-bond acceptors (Lipinski definition) is 4. The summed E-state index contributed by atoms with van der Waals surface area (Å²) in [4.78, 5) is 20.8. The molecule has 1 N–H and O–H groups in total. The second-order valence-corrected chi connectivity index (χ2v) is 7.21. The third-order valence-electron chi connectivity index (χ3n) is 4.05. The van der Waals surface area contributed by atoms with Crippen LogP contribution in [0.3, 0.4) is 0 Å². The number of aromatic nitrogens is 2. The van der Waals surface area contributed by atoms with E-state index in [2.05, 4.69) is 29.4 Å². The number of carbonyl (C=O) groups excluding carboxylic acids is 1. The molecule has 0 spiro atoms. The molecule has 0 aliphatic carbocycles. The minimum atomic E-state index is -0.179. The summed E-state index contributed by atoms with van der Waals surface area (Å²) in [6, 6.07) is 17.7. The van der Waals surface area contributed by atoms with Gasteiger partial charge in [0, 0.05) is 29.7 Å². The van der Waals surface area contributed by atoms with Crippen LogP contribution in [0.4, 0.5) is 5.69 Å². The molecular formula is C22H17N3OS. The number of aryl methyl sites for hydroxylation is 1. The lowest BCUT2D eigenvalue weighted by atomic mass is 10.2. The van der Waals surface area contributed by atoms with Gasteiger partial charge in [0.1, 0.15) is 5.01 Å². The van der Waals surface area contributed by atoms with Crippen molar-refractivity contribution in [2.45, 2.75) is 6.92 Å². The Morgan fingerprint density at radius 3 is 2.74 bits per heavy atom. The summed E-state index contributed by atoms with van der Waals surface area (Å²) in [5.74, 6) is -0.179. The van der Waals surface area contributed by atoms with Crippen LogP contribution in [0, 0.1) is 6.92 Å². The van der Waals surface area contributed by atoms with Gasteiger partial charge < -0.3 is 5.32 Å². The van der Waals surface area contributed by atoms with Gasteiger partial charge in [-0.05, 0) is 66.6 Å². The van der Waals surface area contributed by atoms with Gasteiger partial charge in [-0.3, -0.25) is 9.78 Å². The lowest BCUT2D eigenvalue weighted by Gasteiger charge is -2.03. The fraction of sp³-hybridized carbons (Fsp3) is 0.0455. The van der Waals surface area contributed by atoms with E-state index in [4.69, 9.17) is 4.98 Å². The van der Waals surface area contributed by atoms with E-state index in [0.29, 0.717) is 0 Å². The molecule has 2 aromatic carbocycles. The van der Waals surface area contributed by atoms with Crippen molar-refractivity contribution in [2.24, 2.45) is 0 Å². The van der Waals surface area contributed by atoms with Crippen molar-refractivity contribution < 1.29 is 4.79 Å². The van der Waals surface area contributed by atoms with Crippen LogP contribution in [-0.2, 0) is 4.79 Å². The van der Waals surface area contributed by atoms with Crippen molar-refractivity contribution >= 4 is 39.2 Å². The van der Waals surface area contributed by atoms with E-state index < -0.39 is 0 Å². The monoisotopic (exact) mass is 371 g/mol. The number of thiazole rings is 1. The summed E-state index contributed by atoms with van der Waals surface area (Å²) in [7, 11) is 0. The molecule has 0 bridgehead atoms. The first-order chi connectivity index (χ1) is 13.2. The average molecular weight is 371 g/mol. The summed E-state index contributed by atoms with van der Waals surface area (Å²) in [6.45, 7) is 2.08. The topological polar surface area (TPSA) is 54.9 Å². The van der Waals surface area contributed by atoms with Crippen molar-refractivity contribution in [3.05, 3.63) is 84.2 Å². The molecule has 1 amide bonds. The zero-order valence-electron chi connectivity index (χ0n) is 14.7. The molecule has 0 atom stereocenters. The van der Waals surface area contributed by atoms with Crippen LogP contribution in [0.5, 0.6) is 0 Å². The largest absolute Gasteiger partial charge is 0.323 e. The van der Waals surface area contributed by atoms with Crippen LogP contribution < -0.4 is 5.32 Å². The number of nitrogens with zero attached hydrogens (tertiary/aromatic N) is 2. The van der Waals surface area contributed by atoms with Gasteiger partial charge in [-0.2, -0.15) is 0 Å². The van der Waals surface area contributed by atoms with Crippen LogP contribution >= 0.6 is 11.3 Å². The molecule has 4 aromatic rings. The highest BCUT2D eigenvalue weighted by Crippen LogP contribution is 2.31. The van der Waals surface area contributed by atoms with E-state index in [-0.39, 0.29) is 5.91 Å². The van der Waals surface area contributed by atoms with Crippen LogP contribution in [0.2, 0.25) is 0 Å². The Hall–Kier alpha value is -3.31. The van der Waals surface area contributed by atoms with Gasteiger partial charge in [0.25, 0.3) is 0 Å². The highest BCUT2D eigenvalue weighted by molar-refractivity contribution is 7.21. The number of pyridine rings is 1. The van der Waals surface area contributed by atoms with Crippen LogP contribution in [0.15, 0.2) is 73.1 Å². The maximum Gasteiger partial charge on any atom is 0.248 e. The second kappa shape index (κ2) is 7.51. The Morgan fingerprint density at radius 1 is 1.11 bits per heavy atom. The predicted octanol–water partition coefficient (Wildman–Crippen LogP) is 5.32.